The van der Waals surface area contributed by atoms with Gasteiger partial charge in [-0.1, -0.05) is 15.9 Å². The second-order valence-electron chi connectivity index (χ2n) is 2.99. The van der Waals surface area contributed by atoms with E-state index in [0.29, 0.717) is 6.07 Å². The molecule has 90 valence electrons. The van der Waals surface area contributed by atoms with Gasteiger partial charge in [0.15, 0.2) is 0 Å². The molecular formula is C9H4BrF3N2O2. The maximum Gasteiger partial charge on any atom is 0.417 e. The van der Waals surface area contributed by atoms with Gasteiger partial charge in [0.2, 0.25) is 0 Å². The highest BCUT2D eigenvalue weighted by molar-refractivity contribution is 9.08. The third-order valence-corrected chi connectivity index (χ3v) is 2.60. The molecule has 0 aromatic heterocycles. The second kappa shape index (κ2) is 4.71. The molecule has 8 heteroatoms. The molecule has 0 aliphatic heterocycles. The van der Waals surface area contributed by atoms with E-state index in [4.69, 9.17) is 5.26 Å². The number of rotatable bonds is 2. The molecule has 0 bridgehead atoms. The first-order chi connectivity index (χ1) is 7.82. The number of hydrogen-bond acceptors (Lipinski definition) is 3. The Morgan fingerprint density at radius 1 is 1.47 bits per heavy atom. The zero-order valence-corrected chi connectivity index (χ0v) is 9.67. The number of nitro benzene ring substituents is 1. The van der Waals surface area contributed by atoms with Crippen molar-refractivity contribution in [3.05, 3.63) is 38.9 Å². The highest BCUT2D eigenvalue weighted by atomic mass is 79.9. The molecule has 0 N–H and O–H groups in total. The molecule has 4 nitrogen and oxygen atoms in total. The molecule has 1 aromatic carbocycles. The summed E-state index contributed by atoms with van der Waals surface area (Å²) in [5, 5.41) is 19.1. The standard InChI is InChI=1S/C9H4BrF3N2O2/c10-3-5-6(4-14)7(9(11,12)13)1-2-8(5)15(16)17/h1-2H,3H2. The fourth-order valence-electron chi connectivity index (χ4n) is 1.31. The molecule has 0 aliphatic carbocycles. The summed E-state index contributed by atoms with van der Waals surface area (Å²) in [6.45, 7) is 0. The molecule has 0 fully saturated rings. The topological polar surface area (TPSA) is 66.9 Å². The van der Waals surface area contributed by atoms with Crippen molar-refractivity contribution in [3.63, 3.8) is 0 Å². The molecule has 0 heterocycles. The van der Waals surface area contributed by atoms with Crippen LogP contribution in [0.1, 0.15) is 16.7 Å². The predicted molar refractivity (Wildman–Crippen MR) is 55.4 cm³/mol. The monoisotopic (exact) mass is 308 g/mol. The minimum absolute atomic E-state index is 0.198. The molecule has 0 spiro atoms. The summed E-state index contributed by atoms with van der Waals surface area (Å²) in [4.78, 5) is 9.78. The second-order valence-corrected chi connectivity index (χ2v) is 3.55. The van der Waals surface area contributed by atoms with Crippen LogP contribution in [0.5, 0.6) is 0 Å². The van der Waals surface area contributed by atoms with Gasteiger partial charge in [0.05, 0.1) is 21.6 Å². The Kier molecular flexibility index (Phi) is 3.72. The van der Waals surface area contributed by atoms with Crippen molar-refractivity contribution in [2.75, 3.05) is 0 Å². The summed E-state index contributed by atoms with van der Waals surface area (Å²) in [5.41, 5.74) is -2.66. The van der Waals surface area contributed by atoms with Crippen molar-refractivity contribution in [2.24, 2.45) is 0 Å². The lowest BCUT2D eigenvalue weighted by atomic mass is 10.0. The van der Waals surface area contributed by atoms with Crippen LogP contribution in [0.15, 0.2) is 12.1 Å². The molecule has 0 saturated heterocycles. The first-order valence-electron chi connectivity index (χ1n) is 4.16. The largest absolute Gasteiger partial charge is 0.417 e. The van der Waals surface area contributed by atoms with Crippen molar-refractivity contribution in [1.29, 1.82) is 5.26 Å². The van der Waals surface area contributed by atoms with Gasteiger partial charge >= 0.3 is 6.18 Å². The van der Waals surface area contributed by atoms with E-state index in [9.17, 15) is 23.3 Å². The van der Waals surface area contributed by atoms with Crippen LogP contribution in [0.2, 0.25) is 0 Å². The Hall–Kier alpha value is -1.62. The van der Waals surface area contributed by atoms with E-state index in [1.54, 1.807) is 0 Å². The maximum atomic E-state index is 12.5. The number of nitriles is 1. The smallest absolute Gasteiger partial charge is 0.258 e. The number of alkyl halides is 4. The Bertz CT molecular complexity index is 508. The SMILES string of the molecule is N#Cc1c(C(F)(F)F)ccc([N+](=O)[O-])c1CBr. The number of nitro groups is 1. The summed E-state index contributed by atoms with van der Waals surface area (Å²) < 4.78 is 37.6. The molecular weight excluding hydrogens is 305 g/mol. The Morgan fingerprint density at radius 2 is 2.06 bits per heavy atom. The number of hydrogen-bond donors (Lipinski definition) is 0. The van der Waals surface area contributed by atoms with E-state index < -0.39 is 27.9 Å². The van der Waals surface area contributed by atoms with Crippen LogP contribution in [0.25, 0.3) is 0 Å². The van der Waals surface area contributed by atoms with Crippen molar-refractivity contribution in [1.82, 2.24) is 0 Å². The van der Waals surface area contributed by atoms with Crippen molar-refractivity contribution < 1.29 is 18.1 Å². The van der Waals surface area contributed by atoms with E-state index in [-0.39, 0.29) is 10.9 Å². The Balaban J connectivity index is 3.62. The van der Waals surface area contributed by atoms with Gasteiger partial charge in [0.1, 0.15) is 6.07 Å². The Morgan fingerprint density at radius 3 is 2.41 bits per heavy atom. The van der Waals surface area contributed by atoms with Gasteiger partial charge in [-0.15, -0.1) is 0 Å². The van der Waals surface area contributed by atoms with Gasteiger partial charge < -0.3 is 0 Å². The van der Waals surface area contributed by atoms with Gasteiger partial charge in [0.25, 0.3) is 5.69 Å². The first kappa shape index (κ1) is 13.4. The van der Waals surface area contributed by atoms with E-state index in [2.05, 4.69) is 15.9 Å². The molecule has 17 heavy (non-hydrogen) atoms. The van der Waals surface area contributed by atoms with Crippen LogP contribution in [0.3, 0.4) is 0 Å². The number of halogens is 4. The molecule has 1 aromatic rings. The fraction of sp³-hybridized carbons (Fsp3) is 0.222. The fourth-order valence-corrected chi connectivity index (χ4v) is 1.87. The minimum Gasteiger partial charge on any atom is -0.258 e. The highest BCUT2D eigenvalue weighted by Gasteiger charge is 2.36. The maximum absolute atomic E-state index is 12.5. The van der Waals surface area contributed by atoms with Crippen LogP contribution >= 0.6 is 15.9 Å². The summed E-state index contributed by atoms with van der Waals surface area (Å²) >= 11 is 2.85. The average molecular weight is 309 g/mol. The third kappa shape index (κ3) is 2.55. The molecule has 0 atom stereocenters. The summed E-state index contributed by atoms with van der Waals surface area (Å²) in [7, 11) is 0. The quantitative estimate of drug-likeness (QED) is 0.478. The van der Waals surface area contributed by atoms with Gasteiger partial charge in [-0.05, 0) is 6.07 Å². The van der Waals surface area contributed by atoms with Gasteiger partial charge in [-0.2, -0.15) is 18.4 Å². The molecule has 0 radical (unpaired) electrons. The third-order valence-electron chi connectivity index (χ3n) is 2.04. The van der Waals surface area contributed by atoms with Crippen molar-refractivity contribution in [3.8, 4) is 6.07 Å². The van der Waals surface area contributed by atoms with E-state index in [1.165, 1.54) is 6.07 Å². The molecule has 0 unspecified atom stereocenters. The lowest BCUT2D eigenvalue weighted by molar-refractivity contribution is -0.385. The van der Waals surface area contributed by atoms with Crippen LogP contribution in [-0.4, -0.2) is 4.92 Å². The summed E-state index contributed by atoms with van der Waals surface area (Å²) in [6, 6.07) is 2.66. The minimum atomic E-state index is -4.71. The zero-order valence-electron chi connectivity index (χ0n) is 8.08. The first-order valence-corrected chi connectivity index (χ1v) is 5.28. The van der Waals surface area contributed by atoms with Crippen LogP contribution in [0, 0.1) is 21.4 Å². The Labute approximate surface area is 102 Å². The average Bonchev–Trinajstić information content (AvgIpc) is 2.25. The van der Waals surface area contributed by atoms with Crippen LogP contribution in [-0.2, 0) is 11.5 Å². The lowest BCUT2D eigenvalue weighted by Crippen LogP contribution is -2.10. The van der Waals surface area contributed by atoms with Crippen molar-refractivity contribution >= 4 is 21.6 Å². The molecule has 0 saturated carbocycles. The van der Waals surface area contributed by atoms with E-state index >= 15 is 0 Å². The molecule has 0 aliphatic rings. The van der Waals surface area contributed by atoms with Crippen LogP contribution in [0.4, 0.5) is 18.9 Å². The van der Waals surface area contributed by atoms with Gasteiger partial charge in [-0.3, -0.25) is 10.1 Å². The van der Waals surface area contributed by atoms with E-state index in [1.807, 2.05) is 0 Å². The number of benzene rings is 1. The summed E-state index contributed by atoms with van der Waals surface area (Å²) in [5.74, 6) is 0. The highest BCUT2D eigenvalue weighted by Crippen LogP contribution is 2.36. The van der Waals surface area contributed by atoms with Crippen molar-refractivity contribution in [2.45, 2.75) is 11.5 Å². The lowest BCUT2D eigenvalue weighted by Gasteiger charge is -2.11. The molecule has 0 amide bonds. The normalized spacial score (nSPS) is 11.0. The zero-order chi connectivity index (χ0) is 13.2. The number of nitrogens with zero attached hydrogens (tertiary/aromatic N) is 2. The van der Waals surface area contributed by atoms with E-state index in [0.717, 1.165) is 6.07 Å². The van der Waals surface area contributed by atoms with Gasteiger partial charge in [0, 0.05) is 11.4 Å². The van der Waals surface area contributed by atoms with Gasteiger partial charge in [-0.25, -0.2) is 0 Å². The summed E-state index contributed by atoms with van der Waals surface area (Å²) in [6.07, 6.45) is -4.71. The molecule has 1 rings (SSSR count). The predicted octanol–water partition coefficient (Wildman–Crippen LogP) is 3.38. The van der Waals surface area contributed by atoms with Crippen LogP contribution < -0.4 is 0 Å².